The third kappa shape index (κ3) is 3.61. The van der Waals surface area contributed by atoms with Crippen LogP contribution in [-0.4, -0.2) is 28.2 Å². The van der Waals surface area contributed by atoms with Gasteiger partial charge in [-0.1, -0.05) is 30.3 Å². The fourth-order valence-electron chi connectivity index (χ4n) is 1.49. The molecule has 0 aromatic heterocycles. The Kier molecular flexibility index (Phi) is 4.90. The van der Waals surface area contributed by atoms with E-state index in [9.17, 15) is 9.59 Å². The SMILES string of the molecule is C#CCC(NC(C(=O)O)c1ccccc1)C(=O)O. The van der Waals surface area contributed by atoms with Crippen LogP contribution in [0.15, 0.2) is 30.3 Å². The number of benzene rings is 1. The Labute approximate surface area is 104 Å². The van der Waals surface area contributed by atoms with Crippen molar-refractivity contribution in [2.45, 2.75) is 18.5 Å². The fraction of sp³-hybridized carbons (Fsp3) is 0.231. The summed E-state index contributed by atoms with van der Waals surface area (Å²) in [7, 11) is 0. The molecular formula is C13H13NO4. The lowest BCUT2D eigenvalue weighted by atomic mass is 10.1. The molecule has 1 aromatic carbocycles. The third-order valence-electron chi connectivity index (χ3n) is 2.37. The summed E-state index contributed by atoms with van der Waals surface area (Å²) in [6.45, 7) is 0. The molecule has 1 aromatic rings. The van der Waals surface area contributed by atoms with E-state index in [4.69, 9.17) is 16.6 Å². The molecule has 0 fully saturated rings. The fourth-order valence-corrected chi connectivity index (χ4v) is 1.49. The Bertz CT molecular complexity index is 464. The summed E-state index contributed by atoms with van der Waals surface area (Å²) in [5.41, 5.74) is 0.480. The smallest absolute Gasteiger partial charge is 0.325 e. The van der Waals surface area contributed by atoms with E-state index in [0.29, 0.717) is 5.56 Å². The number of rotatable bonds is 6. The van der Waals surface area contributed by atoms with E-state index >= 15 is 0 Å². The van der Waals surface area contributed by atoms with E-state index in [1.165, 1.54) is 0 Å². The van der Waals surface area contributed by atoms with Crippen LogP contribution in [0.25, 0.3) is 0 Å². The quantitative estimate of drug-likeness (QED) is 0.649. The van der Waals surface area contributed by atoms with Crippen LogP contribution in [-0.2, 0) is 9.59 Å². The first kappa shape index (κ1) is 13.7. The number of hydrogen-bond acceptors (Lipinski definition) is 3. The zero-order valence-corrected chi connectivity index (χ0v) is 9.54. The van der Waals surface area contributed by atoms with Crippen molar-refractivity contribution in [3.8, 4) is 12.3 Å². The third-order valence-corrected chi connectivity index (χ3v) is 2.37. The van der Waals surface area contributed by atoms with Crippen LogP contribution in [0.4, 0.5) is 0 Å². The zero-order valence-electron chi connectivity index (χ0n) is 9.54. The second-order valence-corrected chi connectivity index (χ2v) is 3.65. The summed E-state index contributed by atoms with van der Waals surface area (Å²) in [6, 6.07) is 6.16. The molecule has 94 valence electrons. The van der Waals surface area contributed by atoms with Gasteiger partial charge in [-0.2, -0.15) is 0 Å². The van der Waals surface area contributed by atoms with Crippen molar-refractivity contribution in [3.63, 3.8) is 0 Å². The van der Waals surface area contributed by atoms with E-state index in [1.807, 2.05) is 0 Å². The highest BCUT2D eigenvalue weighted by Gasteiger charge is 2.26. The van der Waals surface area contributed by atoms with E-state index < -0.39 is 24.0 Å². The van der Waals surface area contributed by atoms with E-state index in [1.54, 1.807) is 30.3 Å². The van der Waals surface area contributed by atoms with Crippen molar-refractivity contribution in [1.29, 1.82) is 0 Å². The van der Waals surface area contributed by atoms with Gasteiger partial charge < -0.3 is 10.2 Å². The standard InChI is InChI=1S/C13H13NO4/c1-2-6-10(12(15)16)14-11(13(17)18)9-7-4-3-5-8-9/h1,3-5,7-8,10-11,14H,6H2,(H,15,16)(H,17,18). The molecule has 0 amide bonds. The van der Waals surface area contributed by atoms with Gasteiger partial charge in [-0.15, -0.1) is 12.3 Å². The van der Waals surface area contributed by atoms with Gasteiger partial charge in [0.25, 0.3) is 0 Å². The molecule has 0 saturated carbocycles. The Morgan fingerprint density at radius 3 is 2.28 bits per heavy atom. The molecule has 0 heterocycles. The first-order valence-electron chi connectivity index (χ1n) is 5.26. The first-order valence-corrected chi connectivity index (χ1v) is 5.26. The van der Waals surface area contributed by atoms with Gasteiger partial charge in [-0.25, -0.2) is 0 Å². The predicted octanol–water partition coefficient (Wildman–Crippen LogP) is 0.878. The topological polar surface area (TPSA) is 86.6 Å². The van der Waals surface area contributed by atoms with Crippen molar-refractivity contribution in [2.75, 3.05) is 0 Å². The van der Waals surface area contributed by atoms with Gasteiger partial charge in [-0.05, 0) is 5.56 Å². The Morgan fingerprint density at radius 1 is 1.22 bits per heavy atom. The number of carbonyl (C=O) groups is 2. The number of carboxylic acid groups (broad SMARTS) is 2. The van der Waals surface area contributed by atoms with Gasteiger partial charge in [0.05, 0.1) is 0 Å². The van der Waals surface area contributed by atoms with Gasteiger partial charge in [0.2, 0.25) is 0 Å². The van der Waals surface area contributed by atoms with Crippen molar-refractivity contribution in [1.82, 2.24) is 5.32 Å². The number of nitrogens with one attached hydrogen (secondary N) is 1. The minimum Gasteiger partial charge on any atom is -0.480 e. The van der Waals surface area contributed by atoms with Crippen molar-refractivity contribution in [2.24, 2.45) is 0 Å². The van der Waals surface area contributed by atoms with Gasteiger partial charge in [0.15, 0.2) is 0 Å². The normalized spacial score (nSPS) is 13.3. The molecule has 5 heteroatoms. The van der Waals surface area contributed by atoms with E-state index in [2.05, 4.69) is 11.2 Å². The highest BCUT2D eigenvalue weighted by molar-refractivity contribution is 5.78. The number of terminal acetylenes is 1. The maximum atomic E-state index is 11.2. The first-order chi connectivity index (χ1) is 8.56. The maximum absolute atomic E-state index is 11.2. The summed E-state index contributed by atoms with van der Waals surface area (Å²) in [4.78, 5) is 22.1. The lowest BCUT2D eigenvalue weighted by Crippen LogP contribution is -2.41. The number of hydrogen-bond donors (Lipinski definition) is 3. The lowest BCUT2D eigenvalue weighted by Gasteiger charge is -2.19. The van der Waals surface area contributed by atoms with Crippen molar-refractivity contribution >= 4 is 11.9 Å². The van der Waals surface area contributed by atoms with Gasteiger partial charge in [0.1, 0.15) is 12.1 Å². The molecule has 5 nitrogen and oxygen atoms in total. The Balaban J connectivity index is 2.91. The molecule has 1 rings (SSSR count). The molecule has 18 heavy (non-hydrogen) atoms. The van der Waals surface area contributed by atoms with Crippen molar-refractivity contribution < 1.29 is 19.8 Å². The maximum Gasteiger partial charge on any atom is 0.325 e. The number of carboxylic acids is 2. The second kappa shape index (κ2) is 6.42. The Morgan fingerprint density at radius 2 is 1.83 bits per heavy atom. The van der Waals surface area contributed by atoms with Gasteiger partial charge in [0, 0.05) is 6.42 Å². The van der Waals surface area contributed by atoms with Crippen LogP contribution in [0.5, 0.6) is 0 Å². The molecule has 2 atom stereocenters. The summed E-state index contributed by atoms with van der Waals surface area (Å²) >= 11 is 0. The van der Waals surface area contributed by atoms with Crippen LogP contribution < -0.4 is 5.32 Å². The van der Waals surface area contributed by atoms with Crippen LogP contribution >= 0.6 is 0 Å². The molecule has 0 saturated heterocycles. The van der Waals surface area contributed by atoms with Crippen LogP contribution in [0.3, 0.4) is 0 Å². The van der Waals surface area contributed by atoms with Crippen LogP contribution in [0.1, 0.15) is 18.0 Å². The highest BCUT2D eigenvalue weighted by atomic mass is 16.4. The number of aliphatic carboxylic acids is 2. The van der Waals surface area contributed by atoms with Gasteiger partial charge >= 0.3 is 11.9 Å². The predicted molar refractivity (Wildman–Crippen MR) is 64.8 cm³/mol. The molecular weight excluding hydrogens is 234 g/mol. The van der Waals surface area contributed by atoms with Crippen LogP contribution in [0.2, 0.25) is 0 Å². The minimum absolute atomic E-state index is 0.0774. The zero-order chi connectivity index (χ0) is 13.5. The molecule has 3 N–H and O–H groups in total. The average molecular weight is 247 g/mol. The monoisotopic (exact) mass is 247 g/mol. The molecule has 0 aliphatic carbocycles. The summed E-state index contributed by atoms with van der Waals surface area (Å²) in [6.07, 6.45) is 4.98. The van der Waals surface area contributed by atoms with Crippen LogP contribution in [0, 0.1) is 12.3 Å². The van der Waals surface area contributed by atoms with E-state index in [0.717, 1.165) is 0 Å². The molecule has 0 bridgehead atoms. The minimum atomic E-state index is -1.17. The van der Waals surface area contributed by atoms with Crippen molar-refractivity contribution in [3.05, 3.63) is 35.9 Å². The second-order valence-electron chi connectivity index (χ2n) is 3.65. The molecule has 0 radical (unpaired) electrons. The Hall–Kier alpha value is -2.32. The highest BCUT2D eigenvalue weighted by Crippen LogP contribution is 2.14. The molecule has 0 spiro atoms. The molecule has 0 aliphatic heterocycles. The molecule has 2 unspecified atom stereocenters. The van der Waals surface area contributed by atoms with E-state index in [-0.39, 0.29) is 6.42 Å². The summed E-state index contributed by atoms with van der Waals surface area (Å²) < 4.78 is 0. The summed E-state index contributed by atoms with van der Waals surface area (Å²) in [5.74, 6) is -0.111. The summed E-state index contributed by atoms with van der Waals surface area (Å²) in [5, 5.41) is 20.6. The lowest BCUT2D eigenvalue weighted by molar-refractivity contribution is -0.142. The van der Waals surface area contributed by atoms with Gasteiger partial charge in [-0.3, -0.25) is 14.9 Å². The largest absolute Gasteiger partial charge is 0.480 e. The average Bonchev–Trinajstić information content (AvgIpc) is 2.34. The molecule has 0 aliphatic rings.